The lowest BCUT2D eigenvalue weighted by Gasteiger charge is -2.16. The second-order valence-corrected chi connectivity index (χ2v) is 8.67. The summed E-state index contributed by atoms with van der Waals surface area (Å²) in [6.07, 6.45) is 7.55. The van der Waals surface area contributed by atoms with Crippen molar-refractivity contribution in [3.8, 4) is 11.3 Å². The molecule has 0 unspecified atom stereocenters. The molecule has 5 rings (SSSR count). The fourth-order valence-electron chi connectivity index (χ4n) is 4.34. The van der Waals surface area contributed by atoms with E-state index in [0.29, 0.717) is 24.2 Å². The van der Waals surface area contributed by atoms with Gasteiger partial charge in [-0.3, -0.25) is 9.67 Å². The second-order valence-electron chi connectivity index (χ2n) is 8.67. The summed E-state index contributed by atoms with van der Waals surface area (Å²) in [6, 6.07) is 6.17. The molecule has 1 N–H and O–H groups in total. The van der Waals surface area contributed by atoms with Crippen molar-refractivity contribution in [3.63, 3.8) is 0 Å². The number of aromatic nitrogens is 6. The van der Waals surface area contributed by atoms with E-state index in [4.69, 9.17) is 4.74 Å². The maximum atomic E-state index is 6.28. The predicted molar refractivity (Wildman–Crippen MR) is 123 cm³/mol. The van der Waals surface area contributed by atoms with Gasteiger partial charge in [0.25, 0.3) is 0 Å². The quantitative estimate of drug-likeness (QED) is 0.501. The summed E-state index contributed by atoms with van der Waals surface area (Å²) in [5.74, 6) is 1.91. The van der Waals surface area contributed by atoms with Gasteiger partial charge in [0.1, 0.15) is 5.82 Å². The highest BCUT2D eigenvalue weighted by Crippen LogP contribution is 2.28. The predicted octanol–water partition coefficient (Wildman–Crippen LogP) is 3.04. The van der Waals surface area contributed by atoms with E-state index >= 15 is 0 Å². The van der Waals surface area contributed by atoms with Gasteiger partial charge in [-0.1, -0.05) is 6.92 Å². The Morgan fingerprint density at radius 3 is 2.72 bits per heavy atom. The molecule has 9 nitrogen and oxygen atoms in total. The molecule has 0 aromatic carbocycles. The third-order valence-corrected chi connectivity index (χ3v) is 5.97. The Labute approximate surface area is 187 Å². The molecule has 4 aromatic heterocycles. The second kappa shape index (κ2) is 8.33. The number of fused-ring (bicyclic) bond motifs is 1. The molecule has 0 bridgehead atoms. The number of nitrogens with zero attached hydrogens (tertiary/aromatic N) is 7. The van der Waals surface area contributed by atoms with Crippen LogP contribution < -0.4 is 5.32 Å². The number of rotatable bonds is 6. The number of likely N-dealkylation sites (tertiary alicyclic amines) is 1. The van der Waals surface area contributed by atoms with Crippen LogP contribution in [0.4, 0.5) is 11.6 Å². The Hall–Kier alpha value is -3.30. The van der Waals surface area contributed by atoms with E-state index in [1.54, 1.807) is 12.4 Å². The van der Waals surface area contributed by atoms with Crippen molar-refractivity contribution in [2.24, 2.45) is 13.0 Å². The fourth-order valence-corrected chi connectivity index (χ4v) is 4.34. The average molecular weight is 433 g/mol. The summed E-state index contributed by atoms with van der Waals surface area (Å²) in [4.78, 5) is 10.9. The van der Waals surface area contributed by atoms with Crippen LogP contribution in [-0.2, 0) is 18.4 Å². The maximum absolute atomic E-state index is 6.28. The Morgan fingerprint density at radius 1 is 1.09 bits per heavy atom. The van der Waals surface area contributed by atoms with Gasteiger partial charge in [0.15, 0.2) is 5.82 Å². The molecule has 0 amide bonds. The van der Waals surface area contributed by atoms with Crippen molar-refractivity contribution < 1.29 is 4.74 Å². The molecular weight excluding hydrogens is 404 g/mol. The lowest BCUT2D eigenvalue weighted by atomic mass is 10.1. The van der Waals surface area contributed by atoms with Gasteiger partial charge in [0, 0.05) is 43.5 Å². The van der Waals surface area contributed by atoms with Crippen molar-refractivity contribution in [2.75, 3.05) is 25.5 Å². The van der Waals surface area contributed by atoms with Crippen LogP contribution in [0.5, 0.6) is 0 Å². The Balaban J connectivity index is 1.37. The van der Waals surface area contributed by atoms with Crippen LogP contribution in [0.1, 0.15) is 18.2 Å². The van der Waals surface area contributed by atoms with Crippen LogP contribution in [0.2, 0.25) is 0 Å². The topological polar surface area (TPSA) is 85.4 Å². The molecule has 166 valence electrons. The van der Waals surface area contributed by atoms with Crippen LogP contribution in [0, 0.1) is 12.8 Å². The molecule has 0 saturated carbocycles. The van der Waals surface area contributed by atoms with Gasteiger partial charge in [0.2, 0.25) is 0 Å². The van der Waals surface area contributed by atoms with Gasteiger partial charge < -0.3 is 15.0 Å². The fraction of sp³-hybridized carbons (Fsp3) is 0.391. The highest BCUT2D eigenvalue weighted by Gasteiger charge is 2.28. The minimum Gasteiger partial charge on any atom is -0.372 e. The number of hydrogen-bond donors (Lipinski definition) is 1. The Kier molecular flexibility index (Phi) is 5.36. The van der Waals surface area contributed by atoms with Crippen molar-refractivity contribution in [1.82, 2.24) is 34.3 Å². The van der Waals surface area contributed by atoms with Gasteiger partial charge >= 0.3 is 0 Å². The van der Waals surface area contributed by atoms with Crippen LogP contribution in [0.15, 0.2) is 43.0 Å². The first kappa shape index (κ1) is 20.6. The van der Waals surface area contributed by atoms with Gasteiger partial charge in [0.05, 0.1) is 48.2 Å². The van der Waals surface area contributed by atoms with Gasteiger partial charge in [-0.05, 0) is 32.0 Å². The summed E-state index contributed by atoms with van der Waals surface area (Å²) in [5, 5.41) is 12.3. The highest BCUT2D eigenvalue weighted by atomic mass is 16.5. The first-order valence-electron chi connectivity index (χ1n) is 10.8. The zero-order valence-electron chi connectivity index (χ0n) is 18.9. The highest BCUT2D eigenvalue weighted by molar-refractivity contribution is 5.71. The molecule has 0 aliphatic carbocycles. The molecule has 2 atom stereocenters. The zero-order chi connectivity index (χ0) is 22.2. The van der Waals surface area contributed by atoms with Crippen LogP contribution >= 0.6 is 0 Å². The van der Waals surface area contributed by atoms with Crippen molar-refractivity contribution >= 4 is 17.2 Å². The summed E-state index contributed by atoms with van der Waals surface area (Å²) in [5.41, 5.74) is 5.08. The van der Waals surface area contributed by atoms with E-state index in [-0.39, 0.29) is 6.10 Å². The molecule has 1 aliphatic heterocycles. The average Bonchev–Trinajstić information content (AvgIpc) is 3.43. The number of likely N-dealkylation sites (N-methyl/N-ethyl adjacent to an activating group) is 1. The normalized spacial score (nSPS) is 19.1. The first-order valence-corrected chi connectivity index (χ1v) is 10.8. The van der Waals surface area contributed by atoms with Gasteiger partial charge in [-0.2, -0.15) is 10.2 Å². The van der Waals surface area contributed by atoms with Gasteiger partial charge in [-0.15, -0.1) is 0 Å². The summed E-state index contributed by atoms with van der Waals surface area (Å²) < 4.78 is 10.0. The monoisotopic (exact) mass is 432 g/mol. The third kappa shape index (κ3) is 4.09. The number of aryl methyl sites for hydroxylation is 2. The standard InChI is InChI=1S/C23H28N8O/c1-15-12-29(3)13-20(15)32-14-18-10-26-30(4)23(18)17-5-6-31-19(7-17)8-21(28-31)27-22-11-24-16(2)9-25-22/h5-11,15,20H,12-14H2,1-4H3,(H,25,27,28)/t15-,20+/m0/s1. The van der Waals surface area contributed by atoms with Crippen LogP contribution in [0.3, 0.4) is 0 Å². The summed E-state index contributed by atoms with van der Waals surface area (Å²) in [7, 11) is 4.11. The first-order chi connectivity index (χ1) is 15.5. The van der Waals surface area contributed by atoms with Crippen LogP contribution in [0.25, 0.3) is 16.8 Å². The number of nitrogens with one attached hydrogen (secondary N) is 1. The lowest BCUT2D eigenvalue weighted by Crippen LogP contribution is -2.21. The number of anilines is 2. The van der Waals surface area contributed by atoms with Gasteiger partial charge in [-0.25, -0.2) is 9.50 Å². The Morgan fingerprint density at radius 2 is 1.97 bits per heavy atom. The SMILES string of the molecule is Cc1cnc(Nc2cc3cc(-c4c(CO[C@@H]5CN(C)C[C@@H]5C)cnn4C)ccn3n2)cn1. The minimum absolute atomic E-state index is 0.254. The molecule has 0 spiro atoms. The number of pyridine rings is 1. The smallest absolute Gasteiger partial charge is 0.154 e. The molecule has 1 fully saturated rings. The largest absolute Gasteiger partial charge is 0.372 e. The lowest BCUT2D eigenvalue weighted by molar-refractivity contribution is 0.0273. The molecule has 4 aromatic rings. The summed E-state index contributed by atoms with van der Waals surface area (Å²) >= 11 is 0. The molecule has 5 heterocycles. The Bertz CT molecular complexity index is 1230. The molecule has 1 aliphatic rings. The maximum Gasteiger partial charge on any atom is 0.154 e. The van der Waals surface area contributed by atoms with E-state index in [2.05, 4.69) is 56.5 Å². The van der Waals surface area contributed by atoms with E-state index in [9.17, 15) is 0 Å². The molecule has 0 radical (unpaired) electrons. The van der Waals surface area contributed by atoms with E-state index in [1.807, 2.05) is 41.6 Å². The zero-order valence-corrected chi connectivity index (χ0v) is 18.9. The number of hydrogen-bond acceptors (Lipinski definition) is 7. The van der Waals surface area contributed by atoms with E-state index < -0.39 is 0 Å². The van der Waals surface area contributed by atoms with Crippen molar-refractivity contribution in [2.45, 2.75) is 26.6 Å². The molecule has 32 heavy (non-hydrogen) atoms. The number of ether oxygens (including phenoxy) is 1. The van der Waals surface area contributed by atoms with Crippen molar-refractivity contribution in [3.05, 3.63) is 54.2 Å². The molecular formula is C23H28N8O. The van der Waals surface area contributed by atoms with E-state index in [1.165, 1.54) is 0 Å². The third-order valence-electron chi connectivity index (χ3n) is 5.97. The van der Waals surface area contributed by atoms with Crippen molar-refractivity contribution in [1.29, 1.82) is 0 Å². The van der Waals surface area contributed by atoms with Crippen LogP contribution in [-0.4, -0.2) is 60.5 Å². The molecule has 9 heteroatoms. The molecule has 1 saturated heterocycles. The van der Waals surface area contributed by atoms with E-state index in [0.717, 1.165) is 41.1 Å². The summed E-state index contributed by atoms with van der Waals surface area (Å²) in [6.45, 7) is 6.76. The minimum atomic E-state index is 0.254.